The highest BCUT2D eigenvalue weighted by Gasteiger charge is 2.17. The van der Waals surface area contributed by atoms with E-state index in [0.29, 0.717) is 10.8 Å². The zero-order valence-electron chi connectivity index (χ0n) is 13.7. The maximum atomic E-state index is 10.9. The quantitative estimate of drug-likeness (QED) is 0.289. The Morgan fingerprint density at radius 3 is 2.88 bits per heavy atom. The van der Waals surface area contributed by atoms with E-state index in [1.54, 1.807) is 23.5 Å². The van der Waals surface area contributed by atoms with Gasteiger partial charge in [-0.1, -0.05) is 6.07 Å². The van der Waals surface area contributed by atoms with Gasteiger partial charge >= 0.3 is 0 Å². The second-order valence-electron chi connectivity index (χ2n) is 5.42. The first-order valence-electron chi connectivity index (χ1n) is 7.50. The van der Waals surface area contributed by atoms with Gasteiger partial charge in [-0.25, -0.2) is 9.97 Å². The molecule has 130 valence electrons. The number of thiophene rings is 1. The lowest BCUT2D eigenvalue weighted by molar-refractivity contribution is -0.384. The molecule has 0 fully saturated rings. The van der Waals surface area contributed by atoms with E-state index in [9.17, 15) is 10.1 Å². The normalized spacial score (nSPS) is 11.2. The van der Waals surface area contributed by atoms with Crippen LogP contribution < -0.4 is 0 Å². The third-order valence-electron chi connectivity index (χ3n) is 3.82. The van der Waals surface area contributed by atoms with Crippen molar-refractivity contribution in [3.8, 4) is 11.5 Å². The molecule has 0 bridgehead atoms. The van der Waals surface area contributed by atoms with Crippen molar-refractivity contribution in [3.63, 3.8) is 0 Å². The van der Waals surface area contributed by atoms with Crippen LogP contribution in [0.2, 0.25) is 0 Å². The van der Waals surface area contributed by atoms with Gasteiger partial charge in [-0.3, -0.25) is 10.1 Å². The molecule has 0 atom stereocenters. The number of fused-ring (bicyclic) bond motifs is 1. The molecule has 0 amide bonds. The molecule has 0 aliphatic carbocycles. The van der Waals surface area contributed by atoms with E-state index in [-0.39, 0.29) is 11.6 Å². The van der Waals surface area contributed by atoms with Crippen molar-refractivity contribution in [3.05, 3.63) is 51.1 Å². The van der Waals surface area contributed by atoms with Gasteiger partial charge in [-0.05, 0) is 37.2 Å². The average molecular weight is 385 g/mol. The van der Waals surface area contributed by atoms with Crippen molar-refractivity contribution in [2.75, 3.05) is 0 Å². The molecule has 0 spiro atoms. The molecule has 4 aromatic rings. The topological polar surface area (TPSA) is 108 Å². The van der Waals surface area contributed by atoms with Crippen LogP contribution in [0.25, 0.3) is 21.7 Å². The predicted octanol–water partition coefficient (Wildman–Crippen LogP) is 4.42. The lowest BCUT2D eigenvalue weighted by Crippen LogP contribution is -1.88. The second kappa shape index (κ2) is 6.46. The van der Waals surface area contributed by atoms with E-state index in [0.717, 1.165) is 20.8 Å². The molecule has 10 heteroatoms. The number of nitro benzene ring substituents is 1. The van der Waals surface area contributed by atoms with Crippen molar-refractivity contribution < 1.29 is 9.34 Å². The van der Waals surface area contributed by atoms with Gasteiger partial charge in [0.2, 0.25) is 5.89 Å². The Labute approximate surface area is 155 Å². The SMILES string of the molecule is Cc1sc2ncnc(Sc3nnc(-c4cccc([N+](=O)[O-])c4)o3)c2c1C. The maximum Gasteiger partial charge on any atom is 0.283 e. The molecule has 1 aromatic carbocycles. The summed E-state index contributed by atoms with van der Waals surface area (Å²) in [5.74, 6) is 0.222. The van der Waals surface area contributed by atoms with Gasteiger partial charge in [-0.15, -0.1) is 21.5 Å². The van der Waals surface area contributed by atoms with Gasteiger partial charge in [0.15, 0.2) is 0 Å². The van der Waals surface area contributed by atoms with E-state index < -0.39 is 4.92 Å². The van der Waals surface area contributed by atoms with E-state index in [2.05, 4.69) is 20.2 Å². The molecule has 0 aliphatic heterocycles. The van der Waals surface area contributed by atoms with Crippen molar-refractivity contribution in [1.29, 1.82) is 0 Å². The number of hydrogen-bond acceptors (Lipinski definition) is 9. The third kappa shape index (κ3) is 2.93. The molecule has 26 heavy (non-hydrogen) atoms. The van der Waals surface area contributed by atoms with Gasteiger partial charge in [0, 0.05) is 28.0 Å². The summed E-state index contributed by atoms with van der Waals surface area (Å²) in [7, 11) is 0. The Balaban J connectivity index is 1.68. The summed E-state index contributed by atoms with van der Waals surface area (Å²) in [6.45, 7) is 4.08. The van der Waals surface area contributed by atoms with E-state index in [1.807, 2.05) is 13.8 Å². The monoisotopic (exact) mass is 385 g/mol. The van der Waals surface area contributed by atoms with Crippen LogP contribution >= 0.6 is 23.1 Å². The van der Waals surface area contributed by atoms with E-state index in [4.69, 9.17) is 4.42 Å². The fraction of sp³-hybridized carbons (Fsp3) is 0.125. The van der Waals surface area contributed by atoms with Crippen LogP contribution in [-0.4, -0.2) is 25.1 Å². The Morgan fingerprint density at radius 1 is 1.23 bits per heavy atom. The standard InChI is InChI=1S/C16H11N5O3S2/c1-8-9(2)25-14-12(8)15(18-7-17-14)26-16-20-19-13(24-16)10-4-3-5-11(6-10)21(22)23/h3-7H,1-2H3. The minimum Gasteiger partial charge on any atom is -0.411 e. The highest BCUT2D eigenvalue weighted by molar-refractivity contribution is 7.99. The molecule has 3 heterocycles. The van der Waals surface area contributed by atoms with Crippen molar-refractivity contribution in [2.45, 2.75) is 24.1 Å². The number of hydrogen-bond donors (Lipinski definition) is 0. The highest BCUT2D eigenvalue weighted by atomic mass is 32.2. The van der Waals surface area contributed by atoms with Crippen LogP contribution in [-0.2, 0) is 0 Å². The first kappa shape index (κ1) is 16.6. The third-order valence-corrected chi connectivity index (χ3v) is 5.78. The largest absolute Gasteiger partial charge is 0.411 e. The number of aromatic nitrogens is 4. The van der Waals surface area contributed by atoms with E-state index in [1.165, 1.54) is 35.1 Å². The van der Waals surface area contributed by atoms with E-state index >= 15 is 0 Å². The van der Waals surface area contributed by atoms with Gasteiger partial charge in [0.25, 0.3) is 10.9 Å². The molecular weight excluding hydrogens is 374 g/mol. The van der Waals surface area contributed by atoms with Crippen LogP contribution in [0.5, 0.6) is 0 Å². The fourth-order valence-electron chi connectivity index (χ4n) is 2.43. The molecule has 0 radical (unpaired) electrons. The Morgan fingerprint density at radius 2 is 2.08 bits per heavy atom. The summed E-state index contributed by atoms with van der Waals surface area (Å²) in [5.41, 5.74) is 1.59. The smallest absolute Gasteiger partial charge is 0.283 e. The zero-order valence-corrected chi connectivity index (χ0v) is 15.3. The van der Waals surface area contributed by atoms with Crippen LogP contribution in [0.1, 0.15) is 10.4 Å². The summed E-state index contributed by atoms with van der Waals surface area (Å²) in [4.78, 5) is 21.2. The summed E-state index contributed by atoms with van der Waals surface area (Å²) < 4.78 is 5.67. The Hall–Kier alpha value is -2.85. The maximum absolute atomic E-state index is 10.9. The summed E-state index contributed by atoms with van der Waals surface area (Å²) in [5, 5.41) is 21.0. The second-order valence-corrected chi connectivity index (χ2v) is 7.57. The zero-order chi connectivity index (χ0) is 18.3. The minimum absolute atomic E-state index is 0.0308. The van der Waals surface area contributed by atoms with Crippen LogP contribution in [0.4, 0.5) is 5.69 Å². The molecule has 0 saturated carbocycles. The predicted molar refractivity (Wildman–Crippen MR) is 97.4 cm³/mol. The van der Waals surface area contributed by atoms with Crippen molar-refractivity contribution in [1.82, 2.24) is 20.2 Å². The summed E-state index contributed by atoms with van der Waals surface area (Å²) in [6.07, 6.45) is 1.51. The number of nitro groups is 1. The Kier molecular flexibility index (Phi) is 4.13. The average Bonchev–Trinajstić information content (AvgIpc) is 3.21. The summed E-state index contributed by atoms with van der Waals surface area (Å²) >= 11 is 2.87. The molecule has 0 N–H and O–H groups in total. The van der Waals surface area contributed by atoms with Crippen molar-refractivity contribution >= 4 is 39.0 Å². The minimum atomic E-state index is -0.463. The summed E-state index contributed by atoms with van der Waals surface area (Å²) in [6, 6.07) is 6.08. The molecular formula is C16H11N5O3S2. The van der Waals surface area contributed by atoms with Gasteiger partial charge in [0.1, 0.15) is 16.2 Å². The highest BCUT2D eigenvalue weighted by Crippen LogP contribution is 2.37. The lowest BCUT2D eigenvalue weighted by Gasteiger charge is -1.99. The number of rotatable bonds is 4. The molecule has 4 rings (SSSR count). The first-order chi connectivity index (χ1) is 12.5. The molecule has 0 aliphatic rings. The first-order valence-corrected chi connectivity index (χ1v) is 9.13. The van der Waals surface area contributed by atoms with Gasteiger partial charge < -0.3 is 4.42 Å². The lowest BCUT2D eigenvalue weighted by atomic mass is 10.2. The number of aryl methyl sites for hydroxylation is 2. The molecule has 3 aromatic heterocycles. The van der Waals surface area contributed by atoms with Crippen molar-refractivity contribution in [2.24, 2.45) is 0 Å². The van der Waals surface area contributed by atoms with Gasteiger partial charge in [-0.2, -0.15) is 0 Å². The van der Waals surface area contributed by atoms with Gasteiger partial charge in [0.05, 0.1) is 4.92 Å². The fourth-order valence-corrected chi connectivity index (χ4v) is 4.31. The molecule has 0 unspecified atom stereocenters. The van der Waals surface area contributed by atoms with Crippen LogP contribution in [0, 0.1) is 24.0 Å². The van der Waals surface area contributed by atoms with Crippen LogP contribution in [0.3, 0.4) is 0 Å². The number of benzene rings is 1. The number of non-ortho nitro benzene ring substituents is 1. The Bertz CT molecular complexity index is 1140. The van der Waals surface area contributed by atoms with Crippen LogP contribution in [0.15, 0.2) is 45.3 Å². The molecule has 8 nitrogen and oxygen atoms in total. The number of nitrogens with zero attached hydrogens (tertiary/aromatic N) is 5. The molecule has 0 saturated heterocycles.